The molecule has 2 rings (SSSR count). The van der Waals surface area contributed by atoms with E-state index in [0.29, 0.717) is 13.2 Å². The maximum atomic E-state index is 12.9. The normalized spacial score (nSPS) is 13.6. The van der Waals surface area contributed by atoms with Gasteiger partial charge in [0.1, 0.15) is 0 Å². The van der Waals surface area contributed by atoms with E-state index < -0.39 is 66.1 Å². The number of ether oxygens (including phenoxy) is 1. The van der Waals surface area contributed by atoms with Crippen LogP contribution in [0.15, 0.2) is 60.7 Å². The summed E-state index contributed by atoms with van der Waals surface area (Å²) in [5.74, 6) is -12.3. The van der Waals surface area contributed by atoms with Crippen molar-refractivity contribution in [3.05, 3.63) is 71.8 Å². The molecule has 0 aliphatic rings. The van der Waals surface area contributed by atoms with Crippen LogP contribution in [0.25, 0.3) is 0 Å². The van der Waals surface area contributed by atoms with Gasteiger partial charge in [-0.05, 0) is 11.1 Å². The Labute approximate surface area is 217 Å². The van der Waals surface area contributed by atoms with Crippen molar-refractivity contribution in [1.82, 2.24) is 0 Å². The average molecular weight is 683 g/mol. The Bertz CT molecular complexity index is 882. The smallest absolute Gasteiger partial charge is 0.0721 e. The Kier molecular flexibility index (Phi) is 11.8. The molecule has 0 aliphatic heterocycles. The van der Waals surface area contributed by atoms with E-state index in [1.807, 2.05) is 36.4 Å². The summed E-state index contributed by atoms with van der Waals surface area (Å²) >= 11 is -5.79. The Balaban J connectivity index is 0.000000411. The van der Waals surface area contributed by atoms with Crippen LogP contribution in [0.5, 0.6) is 0 Å². The van der Waals surface area contributed by atoms with Crippen molar-refractivity contribution in [2.24, 2.45) is 0 Å². The van der Waals surface area contributed by atoms with Crippen LogP contribution >= 0.6 is 0 Å². The van der Waals surface area contributed by atoms with Crippen LogP contribution in [0, 0.1) is 0 Å². The van der Waals surface area contributed by atoms with Crippen LogP contribution in [0.4, 0.5) is 61.5 Å². The van der Waals surface area contributed by atoms with Crippen molar-refractivity contribution in [3.63, 3.8) is 0 Å². The first kappa shape index (κ1) is 34.2. The molecule has 0 heterocycles. The van der Waals surface area contributed by atoms with Gasteiger partial charge in [-0.2, -0.15) is 0 Å². The minimum atomic E-state index is -6.16. The Morgan fingerprint density at radius 2 is 0.763 bits per heavy atom. The van der Waals surface area contributed by atoms with E-state index in [2.05, 4.69) is 24.3 Å². The van der Waals surface area contributed by atoms with Gasteiger partial charge in [-0.25, -0.2) is 0 Å². The molecule has 0 saturated heterocycles. The quantitative estimate of drug-likeness (QED) is 0.181. The van der Waals surface area contributed by atoms with Crippen LogP contribution in [0.2, 0.25) is 0 Å². The van der Waals surface area contributed by atoms with E-state index in [1.165, 1.54) is 11.1 Å². The minimum Gasteiger partial charge on any atom is -0.372 e. The largest absolute Gasteiger partial charge is 0.372 e. The van der Waals surface area contributed by atoms with Gasteiger partial charge in [0, 0.05) is 0 Å². The third-order valence-electron chi connectivity index (χ3n) is 4.30. The summed E-state index contributed by atoms with van der Waals surface area (Å²) in [6.45, 7) is 1.35. The van der Waals surface area contributed by atoms with Gasteiger partial charge in [0.05, 0.1) is 13.2 Å². The van der Waals surface area contributed by atoms with E-state index in [0.717, 1.165) is 0 Å². The molecule has 1 nitrogen and oxygen atoms in total. The number of alkyl halides is 14. The summed E-state index contributed by atoms with van der Waals surface area (Å²) in [6.07, 6.45) is -19.0. The minimum absolute atomic E-state index is 0.676. The van der Waals surface area contributed by atoms with Gasteiger partial charge in [-0.3, -0.25) is 0 Å². The predicted molar refractivity (Wildman–Crippen MR) is 108 cm³/mol. The molecule has 2 aromatic carbocycles. The molecule has 38 heavy (non-hydrogen) atoms. The van der Waals surface area contributed by atoms with E-state index in [-0.39, 0.29) is 0 Å². The fraction of sp³-hybridized carbons (Fsp3) is 0.455. The molecule has 16 heteroatoms. The van der Waals surface area contributed by atoms with Crippen LogP contribution in [-0.2, 0) is 18.0 Å². The first-order valence-corrected chi connectivity index (χ1v) is 13.0. The molecule has 0 aliphatic carbocycles. The summed E-state index contributed by atoms with van der Waals surface area (Å²) in [6, 6.07) is 20.4. The third kappa shape index (κ3) is 11.9. The number of halogens is 14. The first-order chi connectivity index (χ1) is 17.1. The molecule has 0 atom stereocenters. The Hall–Kier alpha value is -1.78. The molecule has 0 amide bonds. The predicted octanol–water partition coefficient (Wildman–Crippen LogP) is 8.46. The maximum absolute atomic E-state index is 12.9. The fourth-order valence-electron chi connectivity index (χ4n) is 2.54. The van der Waals surface area contributed by atoms with Gasteiger partial charge >= 0.3 is 128 Å². The van der Waals surface area contributed by atoms with Crippen LogP contribution in [0.3, 0.4) is 0 Å². The summed E-state index contributed by atoms with van der Waals surface area (Å²) in [7, 11) is 0. The van der Waals surface area contributed by atoms with Gasteiger partial charge in [0.2, 0.25) is 0 Å². The Morgan fingerprint density at radius 3 is 1.03 bits per heavy atom. The zero-order valence-corrected chi connectivity index (χ0v) is 21.7. The van der Waals surface area contributed by atoms with Crippen molar-refractivity contribution in [2.45, 2.75) is 58.1 Å². The monoisotopic (exact) mass is 684 g/mol. The van der Waals surface area contributed by atoms with Crippen LogP contribution in [0.1, 0.15) is 24.0 Å². The van der Waals surface area contributed by atoms with Crippen molar-refractivity contribution in [3.8, 4) is 0 Å². The standard InChI is InChI=1S/C14H14O.2C4H2F7.Sn/c1-3-7-13(8-4-1)11-15-12-14-9-5-2-6-10-14;2*5-2(6)3(7,8)1-4(9,10)11;/h1-10H,11-12H2;2*1H2;. The zero-order valence-electron chi connectivity index (χ0n) is 18.8. The number of benzene rings is 2. The number of hydrogen-bond acceptors (Lipinski definition) is 1. The SMILES string of the molecule is FC(F)(F)CC(F)(F)[C](F)(F)[Sn][C](F)(F)C(F)(F)CC(F)(F)F.c1ccc(COCc2ccccc2)cc1. The second-order valence-electron chi connectivity index (χ2n) is 7.73. The third-order valence-corrected chi connectivity index (χ3v) is 8.18. The van der Waals surface area contributed by atoms with Crippen molar-refractivity contribution in [1.29, 1.82) is 0 Å². The van der Waals surface area contributed by atoms with E-state index >= 15 is 0 Å². The van der Waals surface area contributed by atoms with Gasteiger partial charge in [0.15, 0.2) is 0 Å². The molecule has 0 bridgehead atoms. The molecule has 0 fully saturated rings. The molecule has 214 valence electrons. The molecular formula is C22H18F14OSn. The molecular weight excluding hydrogens is 665 g/mol. The molecule has 2 aromatic rings. The molecule has 0 saturated carbocycles. The second kappa shape index (κ2) is 13.0. The molecule has 0 aromatic heterocycles. The average Bonchev–Trinajstić information content (AvgIpc) is 2.71. The molecule has 0 unspecified atom stereocenters. The summed E-state index contributed by atoms with van der Waals surface area (Å²) in [5.41, 5.74) is 2.43. The van der Waals surface area contributed by atoms with E-state index in [9.17, 15) is 61.5 Å². The van der Waals surface area contributed by atoms with E-state index in [4.69, 9.17) is 4.74 Å². The molecule has 0 spiro atoms. The van der Waals surface area contributed by atoms with Crippen LogP contribution in [-0.4, -0.2) is 53.2 Å². The van der Waals surface area contributed by atoms with Gasteiger partial charge in [-0.15, -0.1) is 0 Å². The summed E-state index contributed by atoms with van der Waals surface area (Å²) in [5, 5.41) is 0. The van der Waals surface area contributed by atoms with Gasteiger partial charge in [-0.1, -0.05) is 60.7 Å². The van der Waals surface area contributed by atoms with Crippen molar-refractivity contribution >= 4 is 21.1 Å². The fourth-order valence-corrected chi connectivity index (χ4v) is 5.21. The number of rotatable bonds is 10. The summed E-state index contributed by atoms with van der Waals surface area (Å²) < 4.78 is 166. The van der Waals surface area contributed by atoms with Crippen molar-refractivity contribution in [2.75, 3.05) is 0 Å². The Morgan fingerprint density at radius 1 is 0.474 bits per heavy atom. The van der Waals surface area contributed by atoms with Crippen LogP contribution < -0.4 is 0 Å². The first-order valence-electron chi connectivity index (χ1n) is 10.2. The molecule has 2 radical (unpaired) electrons. The molecule has 0 N–H and O–H groups in total. The van der Waals surface area contributed by atoms with Crippen molar-refractivity contribution < 1.29 is 66.2 Å². The van der Waals surface area contributed by atoms with Gasteiger partial charge in [0.25, 0.3) is 0 Å². The maximum Gasteiger partial charge on any atom is 0.0721 e. The van der Waals surface area contributed by atoms with Gasteiger partial charge < -0.3 is 4.74 Å². The summed E-state index contributed by atoms with van der Waals surface area (Å²) in [4.78, 5) is 0. The topological polar surface area (TPSA) is 9.23 Å². The number of hydrogen-bond donors (Lipinski definition) is 0. The zero-order chi connectivity index (χ0) is 29.5. The van der Waals surface area contributed by atoms with E-state index in [1.54, 1.807) is 0 Å². The second-order valence-corrected chi connectivity index (χ2v) is 12.0.